The molecule has 0 radical (unpaired) electrons. The molecule has 0 saturated carbocycles. The van der Waals surface area contributed by atoms with Gasteiger partial charge >= 0.3 is 0 Å². The van der Waals surface area contributed by atoms with Gasteiger partial charge in [-0.3, -0.25) is 0 Å². The van der Waals surface area contributed by atoms with Crippen molar-refractivity contribution in [3.63, 3.8) is 0 Å². The Morgan fingerprint density at radius 3 is 1.75 bits per heavy atom. The maximum atomic E-state index is 2.28. The minimum Gasteiger partial charge on any atom is -0.0622 e. The molecule has 8 heavy (non-hydrogen) atoms. The maximum Gasteiger partial charge on any atom is 0.0130 e. The fraction of sp³-hybridized carbons (Fsp3) is 0. The van der Waals surface area contributed by atoms with Crippen LogP contribution in [-0.4, -0.2) is 0 Å². The van der Waals surface area contributed by atoms with Crippen molar-refractivity contribution in [2.24, 2.45) is 0 Å². The van der Waals surface area contributed by atoms with Gasteiger partial charge in [-0.05, 0) is 34.7 Å². The van der Waals surface area contributed by atoms with Gasteiger partial charge in [0.15, 0.2) is 0 Å². The minimum atomic E-state index is 0. The smallest absolute Gasteiger partial charge is 0.0130 e. The van der Waals surface area contributed by atoms with Crippen molar-refractivity contribution in [1.82, 2.24) is 0 Å². The third-order valence-corrected chi connectivity index (χ3v) is 1.45. The summed E-state index contributed by atoms with van der Waals surface area (Å²) in [5.41, 5.74) is 0. The van der Waals surface area contributed by atoms with Crippen LogP contribution in [0.2, 0.25) is 0 Å². The molecule has 0 spiro atoms. The molecule has 0 heterocycles. The first-order valence-corrected chi connectivity index (χ1v) is 3.18. The molecule has 0 aromatic heterocycles. The maximum absolute atomic E-state index is 2.28. The minimum absolute atomic E-state index is 0. The van der Waals surface area contributed by atoms with Gasteiger partial charge in [0.05, 0.1) is 0 Å². The molecule has 0 saturated heterocycles. The predicted molar refractivity (Wildman–Crippen MR) is 39.2 cm³/mol. The van der Waals surface area contributed by atoms with E-state index in [0.717, 1.165) is 0 Å². The summed E-state index contributed by atoms with van der Waals surface area (Å²) >= 11 is 2.28. The Bertz CT molecular complexity index is 138. The first-order chi connectivity index (χ1) is 3.39. The van der Waals surface area contributed by atoms with Gasteiger partial charge in [-0.15, -0.1) is 0 Å². The van der Waals surface area contributed by atoms with Gasteiger partial charge < -0.3 is 0 Å². The number of benzene rings is 1. The van der Waals surface area contributed by atoms with Gasteiger partial charge in [0, 0.05) is 24.0 Å². The van der Waals surface area contributed by atoms with Crippen LogP contribution < -0.4 is 0 Å². The molecule has 0 nitrogen and oxygen atoms in total. The molecule has 0 aliphatic rings. The zero-order chi connectivity index (χ0) is 5.11. The van der Waals surface area contributed by atoms with E-state index in [1.54, 1.807) is 0 Å². The van der Waals surface area contributed by atoms with E-state index < -0.39 is 0 Å². The molecule has 0 aliphatic heterocycles. The van der Waals surface area contributed by atoms with E-state index in [1.807, 2.05) is 18.2 Å². The van der Waals surface area contributed by atoms with Crippen LogP contribution in [0.3, 0.4) is 0 Å². The van der Waals surface area contributed by atoms with E-state index in [0.29, 0.717) is 0 Å². The van der Waals surface area contributed by atoms with Crippen LogP contribution in [0, 0.1) is 3.57 Å². The summed E-state index contributed by atoms with van der Waals surface area (Å²) in [4.78, 5) is 0. The van der Waals surface area contributed by atoms with Crippen molar-refractivity contribution >= 4 is 22.6 Å². The Hall–Kier alpha value is 0.612. The normalized spacial score (nSPS) is 7.62. The summed E-state index contributed by atoms with van der Waals surface area (Å²) < 4.78 is 1.29. The van der Waals surface area contributed by atoms with Crippen LogP contribution in [0.5, 0.6) is 0 Å². The molecule has 1 aromatic rings. The van der Waals surface area contributed by atoms with E-state index in [9.17, 15) is 0 Å². The number of hydrogen-bond acceptors (Lipinski definition) is 0. The largest absolute Gasteiger partial charge is 0.0622 e. The fourth-order valence-corrected chi connectivity index (χ4v) is 0.830. The molecular weight excluding hydrogens is 305 g/mol. The number of hydrogen-bond donors (Lipinski definition) is 0. The number of halogens is 1. The van der Waals surface area contributed by atoms with Crippen LogP contribution in [0.25, 0.3) is 0 Å². The van der Waals surface area contributed by atoms with Gasteiger partial charge in [0.1, 0.15) is 0 Å². The van der Waals surface area contributed by atoms with E-state index in [2.05, 4.69) is 34.7 Å². The molecule has 0 unspecified atom stereocenters. The van der Waals surface area contributed by atoms with E-state index in [-0.39, 0.29) is 20.4 Å². The summed E-state index contributed by atoms with van der Waals surface area (Å²) in [6, 6.07) is 10.2. The van der Waals surface area contributed by atoms with E-state index >= 15 is 0 Å². The van der Waals surface area contributed by atoms with Gasteiger partial charge in [-0.25, -0.2) is 0 Å². The van der Waals surface area contributed by atoms with Crippen molar-refractivity contribution in [3.8, 4) is 0 Å². The van der Waals surface area contributed by atoms with Crippen molar-refractivity contribution in [1.29, 1.82) is 0 Å². The summed E-state index contributed by atoms with van der Waals surface area (Å²) in [5, 5.41) is 0. The zero-order valence-electron chi connectivity index (χ0n) is 4.08. The summed E-state index contributed by atoms with van der Waals surface area (Å²) in [7, 11) is 0. The summed E-state index contributed by atoms with van der Waals surface area (Å²) in [6.07, 6.45) is 0. The van der Waals surface area contributed by atoms with Crippen LogP contribution in [0.15, 0.2) is 30.3 Å². The molecule has 0 amide bonds. The molecule has 2 heteroatoms. The molecule has 0 atom stereocenters. The summed E-state index contributed by atoms with van der Waals surface area (Å²) in [6.45, 7) is 0. The Kier molecular flexibility index (Phi) is 4.83. The molecule has 0 aliphatic carbocycles. The molecule has 0 fully saturated rings. The van der Waals surface area contributed by atoms with Crippen LogP contribution in [0.1, 0.15) is 0 Å². The second-order valence-electron chi connectivity index (χ2n) is 1.30. The Labute approximate surface area is 76.5 Å². The van der Waals surface area contributed by atoms with Gasteiger partial charge in [-0.2, -0.15) is 0 Å². The molecule has 0 N–H and O–H groups in total. The third-order valence-electron chi connectivity index (χ3n) is 0.733. The van der Waals surface area contributed by atoms with Crippen molar-refractivity contribution in [2.75, 3.05) is 0 Å². The second-order valence-corrected chi connectivity index (χ2v) is 2.54. The first kappa shape index (κ1) is 8.61. The van der Waals surface area contributed by atoms with Gasteiger partial charge in [0.2, 0.25) is 0 Å². The van der Waals surface area contributed by atoms with E-state index in [4.69, 9.17) is 0 Å². The third kappa shape index (κ3) is 2.81. The first-order valence-electron chi connectivity index (χ1n) is 2.10. The Morgan fingerprint density at radius 1 is 1.00 bits per heavy atom. The quantitative estimate of drug-likeness (QED) is 0.509. The summed E-state index contributed by atoms with van der Waals surface area (Å²) in [5.74, 6) is 0. The van der Waals surface area contributed by atoms with Gasteiger partial charge in [0.25, 0.3) is 0 Å². The fourth-order valence-electron chi connectivity index (χ4n) is 0.415. The second kappa shape index (κ2) is 4.49. The molecule has 1 rings (SSSR count). The monoisotopic (exact) mass is 310 g/mol. The predicted octanol–water partition coefficient (Wildman–Crippen LogP) is 2.29. The Balaban J connectivity index is 0.000000490. The van der Waals surface area contributed by atoms with Crippen molar-refractivity contribution in [3.05, 3.63) is 33.9 Å². The zero-order valence-corrected chi connectivity index (χ0v) is 7.79. The van der Waals surface area contributed by atoms with Crippen molar-refractivity contribution in [2.45, 2.75) is 0 Å². The standard InChI is InChI=1S/C6H5I.Pd/c7-6-4-2-1-3-5-6;/h1-5H;. The molecular formula is C6H5IPd. The van der Waals surface area contributed by atoms with Crippen LogP contribution >= 0.6 is 22.6 Å². The van der Waals surface area contributed by atoms with Crippen LogP contribution in [-0.2, 0) is 20.4 Å². The topological polar surface area (TPSA) is 0 Å². The average molecular weight is 310 g/mol. The van der Waals surface area contributed by atoms with Crippen LogP contribution in [0.4, 0.5) is 0 Å². The molecule has 1 aromatic carbocycles. The van der Waals surface area contributed by atoms with Crippen molar-refractivity contribution < 1.29 is 20.4 Å². The van der Waals surface area contributed by atoms with E-state index in [1.165, 1.54) is 3.57 Å². The number of rotatable bonds is 0. The van der Waals surface area contributed by atoms with Gasteiger partial charge in [-0.1, -0.05) is 18.2 Å². The SMILES string of the molecule is Ic1ccccc1.[Pd]. The molecule has 46 valence electrons. The average Bonchev–Trinajstić information content (AvgIpc) is 1.69. The Morgan fingerprint density at radius 2 is 1.50 bits per heavy atom. The molecule has 0 bridgehead atoms.